The Morgan fingerprint density at radius 3 is 2.75 bits per heavy atom. The van der Waals surface area contributed by atoms with Gasteiger partial charge in [-0.1, -0.05) is 12.5 Å². The molecule has 1 saturated heterocycles. The van der Waals surface area contributed by atoms with E-state index in [1.54, 1.807) is 12.1 Å². The summed E-state index contributed by atoms with van der Waals surface area (Å²) in [4.78, 5) is 2.41. The molecule has 5 heteroatoms. The Labute approximate surface area is 118 Å². The van der Waals surface area contributed by atoms with Gasteiger partial charge in [0.1, 0.15) is 0 Å². The second kappa shape index (κ2) is 6.88. The fourth-order valence-corrected chi connectivity index (χ4v) is 2.63. The number of hydrogen-bond acceptors (Lipinski definition) is 3. The van der Waals surface area contributed by atoms with Gasteiger partial charge in [0.15, 0.2) is 11.5 Å². The van der Waals surface area contributed by atoms with Crippen LogP contribution < -0.4 is 9.47 Å². The summed E-state index contributed by atoms with van der Waals surface area (Å²) in [5, 5.41) is 0. The molecule has 1 unspecified atom stereocenters. The van der Waals surface area contributed by atoms with Gasteiger partial charge in [0.05, 0.1) is 7.11 Å². The van der Waals surface area contributed by atoms with Gasteiger partial charge >= 0.3 is 6.61 Å². The van der Waals surface area contributed by atoms with Crippen molar-refractivity contribution in [2.45, 2.75) is 45.4 Å². The molecule has 0 amide bonds. The van der Waals surface area contributed by atoms with Crippen LogP contribution >= 0.6 is 0 Å². The lowest BCUT2D eigenvalue weighted by Gasteiger charge is -2.33. The van der Waals surface area contributed by atoms with Gasteiger partial charge in [-0.2, -0.15) is 8.78 Å². The maximum Gasteiger partial charge on any atom is 0.387 e. The Balaban J connectivity index is 2.08. The fraction of sp³-hybridized carbons (Fsp3) is 0.600. The van der Waals surface area contributed by atoms with E-state index in [1.807, 2.05) is 6.07 Å². The average Bonchev–Trinajstić information content (AvgIpc) is 2.42. The van der Waals surface area contributed by atoms with Crippen molar-refractivity contribution in [1.29, 1.82) is 0 Å². The topological polar surface area (TPSA) is 21.7 Å². The first-order valence-electron chi connectivity index (χ1n) is 6.96. The summed E-state index contributed by atoms with van der Waals surface area (Å²) in [6, 6.07) is 5.71. The number of alkyl halides is 2. The molecule has 0 radical (unpaired) electrons. The number of hydrogen-bond donors (Lipinski definition) is 0. The molecular weight excluding hydrogens is 264 g/mol. The molecule has 1 heterocycles. The van der Waals surface area contributed by atoms with Crippen molar-refractivity contribution in [3.8, 4) is 11.5 Å². The first-order chi connectivity index (χ1) is 9.60. The van der Waals surface area contributed by atoms with Crippen molar-refractivity contribution in [1.82, 2.24) is 4.90 Å². The summed E-state index contributed by atoms with van der Waals surface area (Å²) in [5.74, 6) is 0.436. The van der Waals surface area contributed by atoms with Crippen LogP contribution in [0.25, 0.3) is 0 Å². The fourth-order valence-electron chi connectivity index (χ4n) is 2.63. The maximum absolute atomic E-state index is 12.3. The largest absolute Gasteiger partial charge is 0.493 e. The minimum Gasteiger partial charge on any atom is -0.493 e. The van der Waals surface area contributed by atoms with E-state index in [4.69, 9.17) is 4.74 Å². The summed E-state index contributed by atoms with van der Waals surface area (Å²) in [5.41, 5.74) is 1.05. The molecule has 0 aliphatic carbocycles. The van der Waals surface area contributed by atoms with Crippen LogP contribution in [-0.2, 0) is 6.54 Å². The molecule has 1 aliphatic heterocycles. The molecule has 3 nitrogen and oxygen atoms in total. The Kier molecular flexibility index (Phi) is 5.17. The monoisotopic (exact) mass is 285 g/mol. The molecule has 1 aromatic carbocycles. The molecule has 1 aromatic rings. The minimum atomic E-state index is -2.84. The lowest BCUT2D eigenvalue weighted by Crippen LogP contribution is -2.36. The Hall–Kier alpha value is -1.36. The molecule has 0 N–H and O–H groups in total. The summed E-state index contributed by atoms with van der Waals surface area (Å²) < 4.78 is 34.1. The molecule has 0 aromatic heterocycles. The molecule has 112 valence electrons. The van der Waals surface area contributed by atoms with Gasteiger partial charge < -0.3 is 9.47 Å². The molecule has 0 saturated carbocycles. The zero-order valence-corrected chi connectivity index (χ0v) is 11.9. The Bertz CT molecular complexity index is 440. The van der Waals surface area contributed by atoms with Gasteiger partial charge in [-0.05, 0) is 44.0 Å². The van der Waals surface area contributed by atoms with E-state index in [0.717, 1.165) is 18.7 Å². The van der Waals surface area contributed by atoms with Crippen molar-refractivity contribution in [2.75, 3.05) is 13.7 Å². The number of likely N-dealkylation sites (tertiary alicyclic amines) is 1. The van der Waals surface area contributed by atoms with Gasteiger partial charge in [-0.3, -0.25) is 4.90 Å². The lowest BCUT2D eigenvalue weighted by molar-refractivity contribution is -0.0512. The van der Waals surface area contributed by atoms with Gasteiger partial charge in [-0.15, -0.1) is 0 Å². The Morgan fingerprint density at radius 1 is 1.30 bits per heavy atom. The molecule has 0 spiro atoms. The standard InChI is InChI=1S/C15H21F2NO2/c1-11-5-3-4-8-18(11)10-12-6-7-13(20-15(16)17)14(9-12)19-2/h6-7,9,11,15H,3-5,8,10H2,1-2H3. The highest BCUT2D eigenvalue weighted by Crippen LogP contribution is 2.30. The first-order valence-corrected chi connectivity index (χ1v) is 6.96. The predicted octanol–water partition coefficient (Wildman–Crippen LogP) is 3.67. The van der Waals surface area contributed by atoms with E-state index in [-0.39, 0.29) is 5.75 Å². The van der Waals surface area contributed by atoms with Crippen molar-refractivity contribution >= 4 is 0 Å². The third-order valence-electron chi connectivity index (χ3n) is 3.77. The minimum absolute atomic E-state index is 0.0814. The average molecular weight is 285 g/mol. The van der Waals surface area contributed by atoms with E-state index in [9.17, 15) is 8.78 Å². The van der Waals surface area contributed by atoms with Crippen LogP contribution in [0.5, 0.6) is 11.5 Å². The Morgan fingerprint density at radius 2 is 2.10 bits per heavy atom. The normalized spacial score (nSPS) is 20.1. The molecule has 1 fully saturated rings. The van der Waals surface area contributed by atoms with E-state index >= 15 is 0 Å². The van der Waals surface area contributed by atoms with E-state index in [2.05, 4.69) is 16.6 Å². The molecule has 2 rings (SSSR count). The van der Waals surface area contributed by atoms with E-state index in [1.165, 1.54) is 26.4 Å². The summed E-state index contributed by atoms with van der Waals surface area (Å²) in [6.45, 7) is 1.28. The zero-order valence-electron chi connectivity index (χ0n) is 11.9. The highest BCUT2D eigenvalue weighted by molar-refractivity contribution is 5.43. The van der Waals surface area contributed by atoms with Crippen LogP contribution in [0.1, 0.15) is 31.7 Å². The van der Waals surface area contributed by atoms with Crippen molar-refractivity contribution in [3.63, 3.8) is 0 Å². The molecular formula is C15H21F2NO2. The summed E-state index contributed by atoms with van der Waals surface area (Å²) in [7, 11) is 1.46. The number of methoxy groups -OCH3 is 1. The number of rotatable bonds is 5. The van der Waals surface area contributed by atoms with Gasteiger partial charge in [0.25, 0.3) is 0 Å². The smallest absolute Gasteiger partial charge is 0.387 e. The quantitative estimate of drug-likeness (QED) is 0.824. The summed E-state index contributed by atoms with van der Waals surface area (Å²) in [6.07, 6.45) is 3.71. The van der Waals surface area contributed by atoms with Gasteiger partial charge in [0, 0.05) is 12.6 Å². The van der Waals surface area contributed by atoms with Crippen molar-refractivity contribution in [2.24, 2.45) is 0 Å². The number of piperidine rings is 1. The number of halogens is 2. The van der Waals surface area contributed by atoms with Crippen LogP contribution in [0.3, 0.4) is 0 Å². The number of nitrogens with zero attached hydrogens (tertiary/aromatic N) is 1. The van der Waals surface area contributed by atoms with E-state index in [0.29, 0.717) is 11.8 Å². The van der Waals surface area contributed by atoms with Gasteiger partial charge in [0.2, 0.25) is 0 Å². The first kappa shape index (κ1) is 15.0. The SMILES string of the molecule is COc1cc(CN2CCCCC2C)ccc1OC(F)F. The van der Waals surface area contributed by atoms with Crippen molar-refractivity contribution < 1.29 is 18.3 Å². The molecule has 1 atom stereocenters. The molecule has 20 heavy (non-hydrogen) atoms. The number of ether oxygens (including phenoxy) is 2. The molecule has 1 aliphatic rings. The third-order valence-corrected chi connectivity index (χ3v) is 3.77. The van der Waals surface area contributed by atoms with E-state index < -0.39 is 6.61 Å². The highest BCUT2D eigenvalue weighted by atomic mass is 19.3. The predicted molar refractivity (Wildman–Crippen MR) is 73.3 cm³/mol. The lowest BCUT2D eigenvalue weighted by atomic mass is 10.0. The maximum atomic E-state index is 12.3. The second-order valence-electron chi connectivity index (χ2n) is 5.18. The number of benzene rings is 1. The van der Waals surface area contributed by atoms with Crippen LogP contribution in [-0.4, -0.2) is 31.2 Å². The highest BCUT2D eigenvalue weighted by Gasteiger charge is 2.19. The van der Waals surface area contributed by atoms with Crippen LogP contribution in [0, 0.1) is 0 Å². The third kappa shape index (κ3) is 3.82. The van der Waals surface area contributed by atoms with Crippen LogP contribution in [0.15, 0.2) is 18.2 Å². The van der Waals surface area contributed by atoms with Crippen molar-refractivity contribution in [3.05, 3.63) is 23.8 Å². The summed E-state index contributed by atoms with van der Waals surface area (Å²) >= 11 is 0. The van der Waals surface area contributed by atoms with Gasteiger partial charge in [-0.25, -0.2) is 0 Å². The van der Waals surface area contributed by atoms with Crippen LogP contribution in [0.2, 0.25) is 0 Å². The molecule has 0 bridgehead atoms. The second-order valence-corrected chi connectivity index (χ2v) is 5.18. The van der Waals surface area contributed by atoms with Crippen LogP contribution in [0.4, 0.5) is 8.78 Å². The zero-order chi connectivity index (χ0) is 14.5.